The van der Waals surface area contributed by atoms with E-state index in [9.17, 15) is 9.59 Å². The van der Waals surface area contributed by atoms with Crippen LogP contribution in [0.25, 0.3) is 0 Å². The van der Waals surface area contributed by atoms with Crippen molar-refractivity contribution in [3.8, 4) is 0 Å². The molecule has 0 unspecified atom stereocenters. The lowest BCUT2D eigenvalue weighted by atomic mass is 9.55. The summed E-state index contributed by atoms with van der Waals surface area (Å²) in [4.78, 5) is 23.9. The van der Waals surface area contributed by atoms with Crippen molar-refractivity contribution in [3.05, 3.63) is 22.8 Å². The van der Waals surface area contributed by atoms with E-state index < -0.39 is 0 Å². The summed E-state index contributed by atoms with van der Waals surface area (Å²) in [7, 11) is 0. The fourth-order valence-electron chi connectivity index (χ4n) is 5.04. The van der Waals surface area contributed by atoms with E-state index in [1.54, 1.807) is 12.5 Å². The third-order valence-corrected chi connectivity index (χ3v) is 6.37. The van der Waals surface area contributed by atoms with Crippen LogP contribution in [-0.2, 0) is 9.59 Å². The fourth-order valence-corrected chi connectivity index (χ4v) is 5.04. The average molecular weight is 286 g/mol. The van der Waals surface area contributed by atoms with Crippen LogP contribution in [0.15, 0.2) is 22.8 Å². The summed E-state index contributed by atoms with van der Waals surface area (Å²) >= 11 is 0. The van der Waals surface area contributed by atoms with Gasteiger partial charge < -0.3 is 0 Å². The van der Waals surface area contributed by atoms with Crippen molar-refractivity contribution >= 4 is 11.6 Å². The summed E-state index contributed by atoms with van der Waals surface area (Å²) in [5.41, 5.74) is 4.23. The molecule has 114 valence electrons. The number of carbonyl (C=O) groups is 2. The molecule has 0 amide bonds. The molecule has 3 rings (SSSR count). The molecule has 3 aliphatic carbocycles. The van der Waals surface area contributed by atoms with Crippen molar-refractivity contribution in [1.82, 2.24) is 0 Å². The van der Waals surface area contributed by atoms with Crippen LogP contribution < -0.4 is 0 Å². The van der Waals surface area contributed by atoms with Gasteiger partial charge in [0.05, 0.1) is 0 Å². The van der Waals surface area contributed by atoms with Gasteiger partial charge in [0.15, 0.2) is 5.78 Å². The van der Waals surface area contributed by atoms with E-state index in [0.717, 1.165) is 38.5 Å². The first-order valence-corrected chi connectivity index (χ1v) is 8.44. The second-order valence-corrected chi connectivity index (χ2v) is 7.27. The first-order chi connectivity index (χ1) is 9.97. The minimum absolute atomic E-state index is 0.144. The number of Topliss-reactive ketones (excluding diaryl/α,β-unsaturated/α-hetero) is 1. The second-order valence-electron chi connectivity index (χ2n) is 7.27. The summed E-state index contributed by atoms with van der Waals surface area (Å²) in [5, 5.41) is 0. The zero-order valence-electron chi connectivity index (χ0n) is 13.5. The molecule has 21 heavy (non-hydrogen) atoms. The van der Waals surface area contributed by atoms with Crippen LogP contribution in [0.1, 0.15) is 65.7 Å². The van der Waals surface area contributed by atoms with Crippen LogP contribution in [0, 0.1) is 17.3 Å². The largest absolute Gasteiger partial charge is 0.299 e. The highest BCUT2D eigenvalue weighted by atomic mass is 16.1. The number of ketones is 2. The number of rotatable bonds is 2. The molecule has 0 aliphatic heterocycles. The summed E-state index contributed by atoms with van der Waals surface area (Å²) in [6, 6.07) is 0. The number of hydrogen-bond acceptors (Lipinski definition) is 2. The van der Waals surface area contributed by atoms with Gasteiger partial charge in [-0.15, -0.1) is 0 Å². The molecule has 3 aliphatic rings. The molecule has 1 saturated carbocycles. The smallest absolute Gasteiger partial charge is 0.156 e. The molecule has 0 aromatic rings. The van der Waals surface area contributed by atoms with Crippen LogP contribution in [0.4, 0.5) is 0 Å². The summed E-state index contributed by atoms with van der Waals surface area (Å²) in [6.07, 6.45) is 8.77. The lowest BCUT2D eigenvalue weighted by Crippen LogP contribution is -2.44. The summed E-state index contributed by atoms with van der Waals surface area (Å²) < 4.78 is 0. The number of hydrogen-bond donors (Lipinski definition) is 0. The molecule has 0 N–H and O–H groups in total. The third-order valence-electron chi connectivity index (χ3n) is 6.37. The van der Waals surface area contributed by atoms with E-state index in [-0.39, 0.29) is 5.41 Å². The van der Waals surface area contributed by atoms with Gasteiger partial charge in [-0.05, 0) is 68.1 Å². The lowest BCUT2D eigenvalue weighted by molar-refractivity contribution is -0.131. The molecule has 0 radical (unpaired) electrons. The Morgan fingerprint density at radius 3 is 2.71 bits per heavy atom. The van der Waals surface area contributed by atoms with Gasteiger partial charge in [-0.1, -0.05) is 25.8 Å². The zero-order valence-corrected chi connectivity index (χ0v) is 13.5. The van der Waals surface area contributed by atoms with Gasteiger partial charge in [0.1, 0.15) is 5.78 Å². The molecule has 1 fully saturated rings. The Labute approximate surface area is 127 Å². The molecule has 0 heterocycles. The van der Waals surface area contributed by atoms with Crippen LogP contribution in [0.3, 0.4) is 0 Å². The quantitative estimate of drug-likeness (QED) is 0.754. The number of fused-ring (bicyclic) bond motifs is 2. The zero-order chi connectivity index (χ0) is 15.2. The predicted octanol–water partition coefficient (Wildman–Crippen LogP) is 4.40. The van der Waals surface area contributed by atoms with Crippen LogP contribution in [-0.4, -0.2) is 11.6 Å². The van der Waals surface area contributed by atoms with Gasteiger partial charge in [-0.2, -0.15) is 0 Å². The van der Waals surface area contributed by atoms with Crippen LogP contribution in [0.5, 0.6) is 0 Å². The van der Waals surface area contributed by atoms with E-state index >= 15 is 0 Å². The third kappa shape index (κ3) is 2.23. The maximum absolute atomic E-state index is 12.2. The first kappa shape index (κ1) is 14.7. The van der Waals surface area contributed by atoms with E-state index in [2.05, 4.69) is 13.8 Å². The van der Waals surface area contributed by atoms with Crippen molar-refractivity contribution in [2.75, 3.05) is 0 Å². The Balaban J connectivity index is 2.01. The highest BCUT2D eigenvalue weighted by molar-refractivity contribution is 5.93. The highest BCUT2D eigenvalue weighted by Gasteiger charge is 2.47. The van der Waals surface area contributed by atoms with E-state index in [4.69, 9.17) is 0 Å². The molecule has 0 aromatic heterocycles. The normalized spacial score (nSPS) is 36.0. The van der Waals surface area contributed by atoms with Gasteiger partial charge in [-0.3, -0.25) is 9.59 Å². The standard InChI is InChI=1S/C19H26O2/c1-4-18-17-7-5-13-11-14(21)6-8-15(13)16(17)9-10-19(18,3)12(2)20/h11,17-18H,4-10H2,1-3H3/t17-,18+,19-/m1/s1. The maximum atomic E-state index is 12.2. The Morgan fingerprint density at radius 2 is 2.05 bits per heavy atom. The van der Waals surface area contributed by atoms with E-state index in [0.29, 0.717) is 29.8 Å². The summed E-state index contributed by atoms with van der Waals surface area (Å²) in [5.74, 6) is 1.70. The van der Waals surface area contributed by atoms with Gasteiger partial charge in [0.2, 0.25) is 0 Å². The molecule has 0 bridgehead atoms. The fraction of sp³-hybridized carbons (Fsp3) is 0.684. The minimum Gasteiger partial charge on any atom is -0.299 e. The topological polar surface area (TPSA) is 34.1 Å². The monoisotopic (exact) mass is 286 g/mol. The molecule has 2 heteroatoms. The van der Waals surface area contributed by atoms with Crippen LogP contribution in [0.2, 0.25) is 0 Å². The Morgan fingerprint density at radius 1 is 1.29 bits per heavy atom. The maximum Gasteiger partial charge on any atom is 0.156 e. The van der Waals surface area contributed by atoms with Crippen molar-refractivity contribution in [1.29, 1.82) is 0 Å². The second kappa shape index (κ2) is 5.23. The highest BCUT2D eigenvalue weighted by Crippen LogP contribution is 2.55. The molecule has 0 aromatic carbocycles. The molecule has 0 saturated heterocycles. The lowest BCUT2D eigenvalue weighted by Gasteiger charge is -2.49. The predicted molar refractivity (Wildman–Crippen MR) is 83.9 cm³/mol. The SMILES string of the molecule is CC[C@H]1[C@@H]2CCC3=CC(=O)CCC3=C2CC[C@]1(C)C(C)=O. The van der Waals surface area contributed by atoms with Crippen LogP contribution >= 0.6 is 0 Å². The first-order valence-electron chi connectivity index (χ1n) is 8.44. The molecule has 2 nitrogen and oxygen atoms in total. The van der Waals surface area contributed by atoms with Crippen molar-refractivity contribution < 1.29 is 9.59 Å². The average Bonchev–Trinajstić information content (AvgIpc) is 2.46. The number of allylic oxidation sites excluding steroid dienone is 4. The summed E-state index contributed by atoms with van der Waals surface area (Å²) in [6.45, 7) is 6.18. The van der Waals surface area contributed by atoms with Crippen molar-refractivity contribution in [2.24, 2.45) is 17.3 Å². The molecular weight excluding hydrogens is 260 g/mol. The molecule has 0 spiro atoms. The Kier molecular flexibility index (Phi) is 3.67. The Hall–Kier alpha value is -1.18. The Bertz CT molecular complexity index is 552. The van der Waals surface area contributed by atoms with E-state index in [1.807, 2.05) is 6.08 Å². The van der Waals surface area contributed by atoms with E-state index in [1.165, 1.54) is 11.1 Å². The number of carbonyl (C=O) groups excluding carboxylic acids is 2. The van der Waals surface area contributed by atoms with Gasteiger partial charge >= 0.3 is 0 Å². The molecular formula is C19H26O2. The minimum atomic E-state index is -0.144. The molecule has 3 atom stereocenters. The van der Waals surface area contributed by atoms with Crippen molar-refractivity contribution in [3.63, 3.8) is 0 Å². The van der Waals surface area contributed by atoms with Gasteiger partial charge in [0.25, 0.3) is 0 Å². The van der Waals surface area contributed by atoms with Gasteiger partial charge in [0, 0.05) is 11.8 Å². The van der Waals surface area contributed by atoms with Gasteiger partial charge in [-0.25, -0.2) is 0 Å². The van der Waals surface area contributed by atoms with Crippen molar-refractivity contribution in [2.45, 2.75) is 65.7 Å².